The number of aromatic nitrogens is 2. The van der Waals surface area contributed by atoms with Gasteiger partial charge in [0.15, 0.2) is 11.6 Å². The molecule has 0 atom stereocenters. The average molecular weight is 289 g/mol. The van der Waals surface area contributed by atoms with Gasteiger partial charge in [0, 0.05) is 37.7 Å². The number of thioether (sulfide) groups is 1. The highest BCUT2D eigenvalue weighted by molar-refractivity contribution is 7.99. The lowest BCUT2D eigenvalue weighted by Crippen LogP contribution is -2.36. The average Bonchev–Trinajstić information content (AvgIpc) is 2.49. The summed E-state index contributed by atoms with van der Waals surface area (Å²) in [7, 11) is 0. The molecule has 2 aromatic rings. The number of nitrogens with two attached hydrogens (primary N) is 1. The molecular formula is C14H19N5S. The number of hydrogen-bond acceptors (Lipinski definition) is 6. The molecule has 3 N–H and O–H groups in total. The van der Waals surface area contributed by atoms with Gasteiger partial charge in [-0.2, -0.15) is 11.8 Å². The Morgan fingerprint density at radius 2 is 1.85 bits per heavy atom. The van der Waals surface area contributed by atoms with E-state index in [-0.39, 0.29) is 0 Å². The van der Waals surface area contributed by atoms with Crippen LogP contribution in [0.15, 0.2) is 24.3 Å². The van der Waals surface area contributed by atoms with E-state index < -0.39 is 0 Å². The third-order valence-corrected chi connectivity index (χ3v) is 4.36. The molecule has 0 unspecified atom stereocenters. The van der Waals surface area contributed by atoms with E-state index >= 15 is 0 Å². The number of fused-ring (bicyclic) bond motifs is 1. The molecule has 3 rings (SSSR count). The molecule has 0 saturated carbocycles. The minimum atomic E-state index is 0.470. The summed E-state index contributed by atoms with van der Waals surface area (Å²) in [5.41, 5.74) is 7.66. The fourth-order valence-electron chi connectivity index (χ4n) is 2.30. The van der Waals surface area contributed by atoms with Crippen LogP contribution in [0.2, 0.25) is 0 Å². The third kappa shape index (κ3) is 3.13. The number of rotatable bonds is 4. The Balaban J connectivity index is 1.63. The first-order valence-corrected chi connectivity index (χ1v) is 8.04. The molecule has 0 aliphatic carbocycles. The van der Waals surface area contributed by atoms with E-state index in [1.807, 2.05) is 36.0 Å². The number of nitrogen functional groups attached to an aromatic ring is 1. The van der Waals surface area contributed by atoms with E-state index in [9.17, 15) is 0 Å². The lowest BCUT2D eigenvalue weighted by Gasteiger charge is -2.26. The second-order valence-corrected chi connectivity index (χ2v) is 6.05. The first-order valence-electron chi connectivity index (χ1n) is 6.89. The maximum atomic E-state index is 5.95. The highest BCUT2D eigenvalue weighted by Crippen LogP contribution is 2.18. The number of anilines is 2. The van der Waals surface area contributed by atoms with E-state index in [1.54, 1.807) is 0 Å². The van der Waals surface area contributed by atoms with E-state index in [1.165, 1.54) is 24.6 Å². The van der Waals surface area contributed by atoms with Crippen LogP contribution in [-0.2, 0) is 0 Å². The highest BCUT2D eigenvalue weighted by Gasteiger charge is 2.10. The van der Waals surface area contributed by atoms with E-state index in [0.717, 1.165) is 24.1 Å². The van der Waals surface area contributed by atoms with Crippen molar-refractivity contribution in [2.24, 2.45) is 0 Å². The fraction of sp³-hybridized carbons (Fsp3) is 0.429. The van der Waals surface area contributed by atoms with Crippen LogP contribution in [0.25, 0.3) is 11.0 Å². The SMILES string of the molecule is Nc1nc2ccccc2nc1NCCN1CCSCC1. The fourth-order valence-corrected chi connectivity index (χ4v) is 3.28. The van der Waals surface area contributed by atoms with Gasteiger partial charge >= 0.3 is 0 Å². The molecule has 20 heavy (non-hydrogen) atoms. The van der Waals surface area contributed by atoms with Gasteiger partial charge in [-0.25, -0.2) is 9.97 Å². The zero-order chi connectivity index (χ0) is 13.8. The molecule has 2 heterocycles. The maximum Gasteiger partial charge on any atom is 0.169 e. The Morgan fingerprint density at radius 3 is 2.60 bits per heavy atom. The topological polar surface area (TPSA) is 67.1 Å². The maximum absolute atomic E-state index is 5.95. The smallest absolute Gasteiger partial charge is 0.169 e. The molecule has 6 heteroatoms. The van der Waals surface area contributed by atoms with Gasteiger partial charge in [0.2, 0.25) is 0 Å². The molecule has 106 valence electrons. The van der Waals surface area contributed by atoms with Crippen molar-refractivity contribution in [2.45, 2.75) is 0 Å². The Kier molecular flexibility index (Phi) is 4.22. The standard InChI is InChI=1S/C14H19N5S/c15-13-14(16-5-6-19-7-9-20-10-8-19)18-12-4-2-1-3-11(12)17-13/h1-4H,5-10H2,(H2,15,17)(H,16,18). The molecule has 0 bridgehead atoms. The first kappa shape index (κ1) is 13.5. The van der Waals surface area contributed by atoms with Crippen LogP contribution in [0.5, 0.6) is 0 Å². The Bertz CT molecular complexity index is 583. The largest absolute Gasteiger partial charge is 0.381 e. The summed E-state index contributed by atoms with van der Waals surface area (Å²) in [5.74, 6) is 3.63. The van der Waals surface area contributed by atoms with Gasteiger partial charge in [-0.1, -0.05) is 12.1 Å². The summed E-state index contributed by atoms with van der Waals surface area (Å²) in [6.07, 6.45) is 0. The van der Waals surface area contributed by atoms with Crippen LogP contribution in [0, 0.1) is 0 Å². The van der Waals surface area contributed by atoms with Gasteiger partial charge in [0.1, 0.15) is 0 Å². The molecule has 1 aromatic heterocycles. The van der Waals surface area contributed by atoms with Crippen molar-refractivity contribution in [3.05, 3.63) is 24.3 Å². The van der Waals surface area contributed by atoms with Crippen molar-refractivity contribution in [3.63, 3.8) is 0 Å². The number of nitrogens with zero attached hydrogens (tertiary/aromatic N) is 3. The Labute approximate surface area is 123 Å². The minimum Gasteiger partial charge on any atom is -0.381 e. The van der Waals surface area contributed by atoms with Gasteiger partial charge in [0.05, 0.1) is 11.0 Å². The van der Waals surface area contributed by atoms with E-state index in [2.05, 4.69) is 20.2 Å². The van der Waals surface area contributed by atoms with Crippen molar-refractivity contribution in [1.29, 1.82) is 0 Å². The molecule has 0 amide bonds. The normalized spacial score (nSPS) is 16.4. The van der Waals surface area contributed by atoms with Crippen LogP contribution >= 0.6 is 11.8 Å². The van der Waals surface area contributed by atoms with Crippen LogP contribution in [0.1, 0.15) is 0 Å². The molecule has 1 aliphatic heterocycles. The van der Waals surface area contributed by atoms with Crippen molar-refractivity contribution < 1.29 is 0 Å². The number of para-hydroxylation sites is 2. The monoisotopic (exact) mass is 289 g/mol. The molecule has 0 radical (unpaired) electrons. The summed E-state index contributed by atoms with van der Waals surface area (Å²) < 4.78 is 0. The summed E-state index contributed by atoms with van der Waals surface area (Å²) in [5, 5.41) is 3.31. The van der Waals surface area contributed by atoms with Crippen LogP contribution in [0.3, 0.4) is 0 Å². The third-order valence-electron chi connectivity index (χ3n) is 3.42. The van der Waals surface area contributed by atoms with Gasteiger partial charge in [-0.05, 0) is 12.1 Å². The first-order chi connectivity index (χ1) is 9.83. The molecule has 1 fully saturated rings. The van der Waals surface area contributed by atoms with Gasteiger partial charge < -0.3 is 11.1 Å². The molecule has 0 spiro atoms. The van der Waals surface area contributed by atoms with Gasteiger partial charge in [-0.15, -0.1) is 0 Å². The lowest BCUT2D eigenvalue weighted by atomic mass is 10.3. The summed E-state index contributed by atoms with van der Waals surface area (Å²) >= 11 is 2.03. The molecule has 1 saturated heterocycles. The predicted octanol–water partition coefficient (Wildman–Crippen LogP) is 1.67. The quantitative estimate of drug-likeness (QED) is 0.892. The Hall–Kier alpha value is -1.53. The van der Waals surface area contributed by atoms with Crippen molar-refractivity contribution in [2.75, 3.05) is 48.7 Å². The van der Waals surface area contributed by atoms with Gasteiger partial charge in [0.25, 0.3) is 0 Å². The Morgan fingerprint density at radius 1 is 1.15 bits per heavy atom. The van der Waals surface area contributed by atoms with Crippen molar-refractivity contribution in [3.8, 4) is 0 Å². The number of hydrogen-bond donors (Lipinski definition) is 2. The second-order valence-electron chi connectivity index (χ2n) is 4.83. The lowest BCUT2D eigenvalue weighted by molar-refractivity contribution is 0.314. The van der Waals surface area contributed by atoms with Crippen molar-refractivity contribution >= 4 is 34.4 Å². The van der Waals surface area contributed by atoms with E-state index in [0.29, 0.717) is 11.6 Å². The van der Waals surface area contributed by atoms with Crippen molar-refractivity contribution in [1.82, 2.24) is 14.9 Å². The molecule has 1 aromatic carbocycles. The predicted molar refractivity (Wildman–Crippen MR) is 86.2 cm³/mol. The van der Waals surface area contributed by atoms with Crippen LogP contribution in [-0.4, -0.2) is 52.6 Å². The summed E-state index contributed by atoms with van der Waals surface area (Å²) in [6.45, 7) is 4.22. The van der Waals surface area contributed by atoms with Crippen LogP contribution < -0.4 is 11.1 Å². The zero-order valence-electron chi connectivity index (χ0n) is 11.4. The van der Waals surface area contributed by atoms with Gasteiger partial charge in [-0.3, -0.25) is 4.90 Å². The zero-order valence-corrected chi connectivity index (χ0v) is 12.2. The molecule has 1 aliphatic rings. The number of nitrogens with one attached hydrogen (secondary N) is 1. The second kappa shape index (κ2) is 6.28. The van der Waals surface area contributed by atoms with E-state index in [4.69, 9.17) is 5.73 Å². The highest BCUT2D eigenvalue weighted by atomic mass is 32.2. The summed E-state index contributed by atoms with van der Waals surface area (Å²) in [4.78, 5) is 11.4. The number of benzene rings is 1. The summed E-state index contributed by atoms with van der Waals surface area (Å²) in [6, 6.07) is 7.78. The molecular weight excluding hydrogens is 270 g/mol. The molecule has 5 nitrogen and oxygen atoms in total. The van der Waals surface area contributed by atoms with Crippen LogP contribution in [0.4, 0.5) is 11.6 Å². The minimum absolute atomic E-state index is 0.470.